The third-order valence-electron chi connectivity index (χ3n) is 4.04. The smallest absolute Gasteiger partial charge is 0.0676 e. The first-order valence-electron chi connectivity index (χ1n) is 5.79. The van der Waals surface area contributed by atoms with E-state index >= 15 is 0 Å². The first-order valence-corrected chi connectivity index (χ1v) is 5.79. The first-order chi connectivity index (χ1) is 6.43. The molecule has 1 fully saturated rings. The molecule has 1 aliphatic rings. The van der Waals surface area contributed by atoms with E-state index in [2.05, 4.69) is 26.8 Å². The summed E-state index contributed by atoms with van der Waals surface area (Å²) in [6.45, 7) is 8.35. The molecule has 0 aromatic heterocycles. The minimum Gasteiger partial charge on any atom is -0.390 e. The SMILES string of the molecule is CC[C@](C)(O)C1(CC=C(C)C)CCC1. The average Bonchev–Trinajstić information content (AvgIpc) is 2.01. The molecule has 0 spiro atoms. The van der Waals surface area contributed by atoms with Crippen LogP contribution in [0.25, 0.3) is 0 Å². The number of aliphatic hydroxyl groups is 1. The topological polar surface area (TPSA) is 20.2 Å². The van der Waals surface area contributed by atoms with Crippen molar-refractivity contribution in [2.24, 2.45) is 5.41 Å². The third kappa shape index (κ3) is 2.03. The van der Waals surface area contributed by atoms with Gasteiger partial charge in [-0.15, -0.1) is 0 Å². The van der Waals surface area contributed by atoms with E-state index < -0.39 is 5.60 Å². The van der Waals surface area contributed by atoms with Crippen molar-refractivity contribution >= 4 is 0 Å². The maximum absolute atomic E-state index is 10.4. The lowest BCUT2D eigenvalue weighted by atomic mass is 9.56. The van der Waals surface area contributed by atoms with Crippen LogP contribution < -0.4 is 0 Å². The van der Waals surface area contributed by atoms with E-state index in [0.29, 0.717) is 0 Å². The summed E-state index contributed by atoms with van der Waals surface area (Å²) in [5, 5.41) is 10.4. The molecule has 1 N–H and O–H groups in total. The zero-order chi connectivity index (χ0) is 10.8. The predicted octanol–water partition coefficient (Wildman–Crippen LogP) is 3.67. The highest BCUT2D eigenvalue weighted by Gasteiger charge is 2.48. The number of hydrogen-bond acceptors (Lipinski definition) is 1. The van der Waals surface area contributed by atoms with E-state index in [1.54, 1.807) is 0 Å². The molecular weight excluding hydrogens is 172 g/mol. The van der Waals surface area contributed by atoms with Gasteiger partial charge in [0, 0.05) is 5.41 Å². The molecular formula is C13H24O. The molecule has 1 aliphatic carbocycles. The molecule has 0 aromatic rings. The normalized spacial score (nSPS) is 23.5. The first kappa shape index (κ1) is 11.8. The van der Waals surface area contributed by atoms with Crippen LogP contribution >= 0.6 is 0 Å². The molecule has 0 aliphatic heterocycles. The Morgan fingerprint density at radius 1 is 1.43 bits per heavy atom. The fraction of sp³-hybridized carbons (Fsp3) is 0.846. The van der Waals surface area contributed by atoms with Gasteiger partial charge in [0.05, 0.1) is 5.60 Å². The standard InChI is InChI=1S/C13H24O/c1-5-12(4,14)13(8-6-9-13)10-7-11(2)3/h7,14H,5-6,8-10H2,1-4H3/t12-/m0/s1. The monoisotopic (exact) mass is 196 g/mol. The molecule has 0 amide bonds. The Balaban J connectivity index is 2.72. The minimum absolute atomic E-state index is 0.180. The molecule has 82 valence electrons. The number of hydrogen-bond donors (Lipinski definition) is 1. The predicted molar refractivity (Wildman–Crippen MR) is 61.2 cm³/mol. The molecule has 1 rings (SSSR count). The lowest BCUT2D eigenvalue weighted by Gasteiger charge is -2.51. The molecule has 14 heavy (non-hydrogen) atoms. The van der Waals surface area contributed by atoms with Crippen molar-refractivity contribution < 1.29 is 5.11 Å². The Kier molecular flexibility index (Phi) is 3.41. The van der Waals surface area contributed by atoms with Crippen molar-refractivity contribution in [3.05, 3.63) is 11.6 Å². The summed E-state index contributed by atoms with van der Waals surface area (Å²) in [6.07, 6.45) is 7.87. The molecule has 0 heterocycles. The third-order valence-corrected chi connectivity index (χ3v) is 4.04. The molecule has 1 heteroatoms. The highest BCUT2D eigenvalue weighted by Crippen LogP contribution is 2.53. The van der Waals surface area contributed by atoms with Gasteiger partial charge in [-0.1, -0.05) is 25.0 Å². The number of rotatable bonds is 4. The molecule has 0 radical (unpaired) electrons. The maximum Gasteiger partial charge on any atom is 0.0676 e. The highest BCUT2D eigenvalue weighted by molar-refractivity contribution is 5.07. The van der Waals surface area contributed by atoms with Gasteiger partial charge >= 0.3 is 0 Å². The zero-order valence-electron chi connectivity index (χ0n) is 10.1. The molecule has 0 bridgehead atoms. The summed E-state index contributed by atoms with van der Waals surface area (Å²) in [5.74, 6) is 0. The van der Waals surface area contributed by atoms with Crippen LogP contribution in [0.2, 0.25) is 0 Å². The van der Waals surface area contributed by atoms with E-state index in [1.165, 1.54) is 24.8 Å². The quantitative estimate of drug-likeness (QED) is 0.680. The average molecular weight is 196 g/mol. The van der Waals surface area contributed by atoms with Crippen LogP contribution in [-0.4, -0.2) is 10.7 Å². The highest BCUT2D eigenvalue weighted by atomic mass is 16.3. The Labute approximate surface area is 88.2 Å². The summed E-state index contributed by atoms with van der Waals surface area (Å²) in [7, 11) is 0. The summed E-state index contributed by atoms with van der Waals surface area (Å²) in [4.78, 5) is 0. The van der Waals surface area contributed by atoms with E-state index in [1.807, 2.05) is 6.92 Å². The van der Waals surface area contributed by atoms with Crippen LogP contribution in [-0.2, 0) is 0 Å². The second kappa shape index (κ2) is 4.06. The fourth-order valence-corrected chi connectivity index (χ4v) is 2.34. The lowest BCUT2D eigenvalue weighted by Crippen LogP contribution is -2.49. The Hall–Kier alpha value is -0.300. The van der Waals surface area contributed by atoms with Gasteiger partial charge in [0.25, 0.3) is 0 Å². The van der Waals surface area contributed by atoms with E-state index in [4.69, 9.17) is 0 Å². The molecule has 1 saturated carbocycles. The second-order valence-electron chi connectivity index (χ2n) is 5.25. The van der Waals surface area contributed by atoms with Gasteiger partial charge in [-0.05, 0) is 46.5 Å². The van der Waals surface area contributed by atoms with Crippen LogP contribution in [0.4, 0.5) is 0 Å². The summed E-state index contributed by atoms with van der Waals surface area (Å²) in [6, 6.07) is 0. The number of allylic oxidation sites excluding steroid dienone is 2. The van der Waals surface area contributed by atoms with Gasteiger partial charge < -0.3 is 5.11 Å². The van der Waals surface area contributed by atoms with Crippen LogP contribution in [0.5, 0.6) is 0 Å². The largest absolute Gasteiger partial charge is 0.390 e. The summed E-state index contributed by atoms with van der Waals surface area (Å²) >= 11 is 0. The maximum atomic E-state index is 10.4. The Bertz CT molecular complexity index is 217. The van der Waals surface area contributed by atoms with Crippen molar-refractivity contribution in [1.29, 1.82) is 0 Å². The van der Waals surface area contributed by atoms with Gasteiger partial charge in [0.15, 0.2) is 0 Å². The second-order valence-corrected chi connectivity index (χ2v) is 5.25. The van der Waals surface area contributed by atoms with Crippen molar-refractivity contribution in [2.75, 3.05) is 0 Å². The molecule has 1 atom stereocenters. The van der Waals surface area contributed by atoms with Gasteiger partial charge in [-0.2, -0.15) is 0 Å². The van der Waals surface area contributed by atoms with Crippen LogP contribution in [0.1, 0.15) is 59.8 Å². The van der Waals surface area contributed by atoms with Crippen molar-refractivity contribution in [3.63, 3.8) is 0 Å². The van der Waals surface area contributed by atoms with Gasteiger partial charge in [0.2, 0.25) is 0 Å². The zero-order valence-corrected chi connectivity index (χ0v) is 10.1. The van der Waals surface area contributed by atoms with Crippen LogP contribution in [0, 0.1) is 5.41 Å². The van der Waals surface area contributed by atoms with Crippen molar-refractivity contribution in [1.82, 2.24) is 0 Å². The van der Waals surface area contributed by atoms with Gasteiger partial charge in [-0.3, -0.25) is 0 Å². The van der Waals surface area contributed by atoms with E-state index in [9.17, 15) is 5.11 Å². The molecule has 0 saturated heterocycles. The minimum atomic E-state index is -0.475. The van der Waals surface area contributed by atoms with Gasteiger partial charge in [0.1, 0.15) is 0 Å². The van der Waals surface area contributed by atoms with Crippen molar-refractivity contribution in [2.45, 2.75) is 65.4 Å². The molecule has 1 nitrogen and oxygen atoms in total. The lowest BCUT2D eigenvalue weighted by molar-refractivity contribution is -0.116. The van der Waals surface area contributed by atoms with E-state index in [-0.39, 0.29) is 5.41 Å². The van der Waals surface area contributed by atoms with Crippen molar-refractivity contribution in [3.8, 4) is 0 Å². The summed E-state index contributed by atoms with van der Waals surface area (Å²) in [5.41, 5.74) is 1.07. The van der Waals surface area contributed by atoms with E-state index in [0.717, 1.165) is 12.8 Å². The molecule has 0 unspecified atom stereocenters. The Morgan fingerprint density at radius 3 is 2.29 bits per heavy atom. The molecule has 0 aromatic carbocycles. The fourth-order valence-electron chi connectivity index (χ4n) is 2.34. The van der Waals surface area contributed by atoms with Gasteiger partial charge in [-0.25, -0.2) is 0 Å². The van der Waals surface area contributed by atoms with Crippen LogP contribution in [0.15, 0.2) is 11.6 Å². The van der Waals surface area contributed by atoms with Crippen LogP contribution in [0.3, 0.4) is 0 Å². The Morgan fingerprint density at radius 2 is 2.00 bits per heavy atom. The summed E-state index contributed by atoms with van der Waals surface area (Å²) < 4.78 is 0.